The molecule has 0 N–H and O–H groups in total. The van der Waals surface area contributed by atoms with Crippen LogP contribution in [0.3, 0.4) is 0 Å². The largest absolute Gasteiger partial charge is 0.138 e. The maximum Gasteiger partial charge on any atom is 0.0461 e. The van der Waals surface area contributed by atoms with Gasteiger partial charge in [0.1, 0.15) is 0 Å². The molecule has 0 amide bonds. The fourth-order valence-corrected chi connectivity index (χ4v) is 10.3. The molecule has 5 heterocycles. The van der Waals surface area contributed by atoms with E-state index < -0.39 is 0 Å². The van der Waals surface area contributed by atoms with E-state index in [-0.39, 0.29) is 0 Å². The molecule has 0 spiro atoms. The van der Waals surface area contributed by atoms with E-state index in [0.717, 1.165) is 21.8 Å². The summed E-state index contributed by atoms with van der Waals surface area (Å²) >= 11 is 22.5. The van der Waals surface area contributed by atoms with Crippen molar-refractivity contribution in [2.24, 2.45) is 0 Å². The molecule has 0 radical (unpaired) electrons. The van der Waals surface area contributed by atoms with E-state index >= 15 is 0 Å². The van der Waals surface area contributed by atoms with Gasteiger partial charge in [0.05, 0.1) is 0 Å². The van der Waals surface area contributed by atoms with E-state index in [4.69, 9.17) is 0 Å². The minimum Gasteiger partial charge on any atom is -0.138 e. The van der Waals surface area contributed by atoms with Gasteiger partial charge in [0.2, 0.25) is 0 Å². The molecular formula is C20H10Br4S4. The Balaban J connectivity index is 1.67. The van der Waals surface area contributed by atoms with Crippen molar-refractivity contribution in [1.29, 1.82) is 0 Å². The van der Waals surface area contributed by atoms with Crippen molar-refractivity contribution in [2.45, 2.75) is 12.8 Å². The molecule has 28 heavy (non-hydrogen) atoms. The van der Waals surface area contributed by atoms with Gasteiger partial charge < -0.3 is 0 Å². The third-order valence-corrected chi connectivity index (χ3v) is 13.2. The average molecular weight is 698 g/mol. The van der Waals surface area contributed by atoms with E-state index in [2.05, 4.69) is 100 Å². The van der Waals surface area contributed by atoms with E-state index in [1.54, 1.807) is 0 Å². The van der Waals surface area contributed by atoms with Gasteiger partial charge >= 0.3 is 0 Å². The summed E-state index contributed by atoms with van der Waals surface area (Å²) in [5.41, 5.74) is 0. The Labute approximate surface area is 212 Å². The minimum atomic E-state index is 1.04. The molecule has 0 fully saturated rings. The van der Waals surface area contributed by atoms with Gasteiger partial charge in [-0.2, -0.15) is 0 Å². The molecule has 142 valence electrons. The first-order valence-electron chi connectivity index (χ1n) is 8.32. The zero-order chi connectivity index (χ0) is 19.4. The normalized spacial score (nSPS) is 14.4. The van der Waals surface area contributed by atoms with Crippen LogP contribution in [0.4, 0.5) is 0 Å². The summed E-state index contributed by atoms with van der Waals surface area (Å²) in [7, 11) is 0. The van der Waals surface area contributed by atoms with Crippen molar-refractivity contribution in [3.63, 3.8) is 0 Å². The number of hydrogen-bond donors (Lipinski definition) is 0. The summed E-state index contributed by atoms with van der Waals surface area (Å²) in [5, 5.41) is 0. The van der Waals surface area contributed by atoms with Gasteiger partial charge in [-0.1, -0.05) is 0 Å². The van der Waals surface area contributed by atoms with Crippen LogP contribution in [-0.4, -0.2) is 0 Å². The van der Waals surface area contributed by atoms with Gasteiger partial charge in [-0.15, -0.1) is 45.3 Å². The summed E-state index contributed by atoms with van der Waals surface area (Å²) in [4.78, 5) is 10.6. The summed E-state index contributed by atoms with van der Waals surface area (Å²) in [5.74, 6) is 0. The molecule has 4 aromatic heterocycles. The highest BCUT2D eigenvalue weighted by Gasteiger charge is 2.16. The van der Waals surface area contributed by atoms with Crippen LogP contribution in [0.2, 0.25) is 0 Å². The van der Waals surface area contributed by atoms with Crippen molar-refractivity contribution in [3.8, 4) is 19.5 Å². The molecule has 1 aliphatic heterocycles. The van der Waals surface area contributed by atoms with E-state index in [1.165, 1.54) is 48.0 Å². The van der Waals surface area contributed by atoms with Gasteiger partial charge in [-0.3, -0.25) is 0 Å². The number of fused-ring (bicyclic) bond motifs is 10. The lowest BCUT2D eigenvalue weighted by Gasteiger charge is -1.98. The Hall–Kier alpha value is 0.460. The molecular weight excluding hydrogens is 688 g/mol. The molecule has 0 aromatic carbocycles. The van der Waals surface area contributed by atoms with Crippen molar-refractivity contribution >= 4 is 121 Å². The summed E-state index contributed by atoms with van der Waals surface area (Å²) in [6, 6.07) is 9.00. The molecule has 0 nitrogen and oxygen atoms in total. The highest BCUT2D eigenvalue weighted by atomic mass is 79.9. The lowest BCUT2D eigenvalue weighted by molar-refractivity contribution is 0.994. The summed E-state index contributed by atoms with van der Waals surface area (Å²) < 4.78 is 4.74. The first kappa shape index (κ1) is 20.4. The zero-order valence-electron chi connectivity index (χ0n) is 14.0. The Morgan fingerprint density at radius 3 is 1.29 bits per heavy atom. The Bertz CT molecular complexity index is 1130. The zero-order valence-corrected chi connectivity index (χ0v) is 23.6. The van der Waals surface area contributed by atoms with E-state index in [1.807, 2.05) is 45.3 Å². The van der Waals surface area contributed by atoms with Crippen LogP contribution in [0.5, 0.6) is 0 Å². The van der Waals surface area contributed by atoms with Crippen LogP contribution in [0.25, 0.3) is 31.7 Å². The van der Waals surface area contributed by atoms with E-state index in [9.17, 15) is 0 Å². The number of aryl methyl sites for hydroxylation is 2. The third kappa shape index (κ3) is 3.88. The quantitative estimate of drug-likeness (QED) is 0.172. The van der Waals surface area contributed by atoms with Gasteiger partial charge in [-0.25, -0.2) is 0 Å². The highest BCUT2D eigenvalue weighted by molar-refractivity contribution is 9.11. The molecule has 8 bridgehead atoms. The molecule has 0 atom stereocenters. The fraction of sp³-hybridized carbons (Fsp3) is 0.100. The lowest BCUT2D eigenvalue weighted by atomic mass is 10.2. The van der Waals surface area contributed by atoms with Gasteiger partial charge in [0.15, 0.2) is 0 Å². The molecule has 0 aliphatic carbocycles. The van der Waals surface area contributed by atoms with Crippen LogP contribution >= 0.6 is 109 Å². The molecule has 0 saturated heterocycles. The molecule has 8 heteroatoms. The van der Waals surface area contributed by atoms with Crippen LogP contribution in [0, 0.1) is 0 Å². The van der Waals surface area contributed by atoms with Gasteiger partial charge in [0, 0.05) is 56.9 Å². The average Bonchev–Trinajstić information content (AvgIpc) is 3.39. The van der Waals surface area contributed by atoms with Crippen LogP contribution < -0.4 is 0 Å². The SMILES string of the molecule is Brc1cc2sc1/C=C\c1sc(cc1Br)-c1cc(Br)c(s1)CCc1sc-2cc1Br. The fourth-order valence-electron chi connectivity index (χ4n) is 3.01. The van der Waals surface area contributed by atoms with E-state index in [0.29, 0.717) is 0 Å². The van der Waals surface area contributed by atoms with Crippen LogP contribution in [-0.2, 0) is 12.8 Å². The number of rotatable bonds is 0. The standard InChI is InChI=1S/C20H10Br4S4/c21-9-5-17-18-7-11(23)15(27-18)3-4-16-12(24)8-20(28-16)19-6-10(22)14(26-19)2-1-13(9)25-17/h1-2,5-8H,3-4H2/b2-1-. The summed E-state index contributed by atoms with van der Waals surface area (Å²) in [6.07, 6.45) is 6.51. The van der Waals surface area contributed by atoms with Crippen LogP contribution in [0.15, 0.2) is 42.2 Å². The second-order valence-electron chi connectivity index (χ2n) is 6.24. The third-order valence-electron chi connectivity index (χ3n) is 4.39. The summed E-state index contributed by atoms with van der Waals surface area (Å²) in [6.45, 7) is 0. The first-order valence-corrected chi connectivity index (χ1v) is 14.8. The maximum atomic E-state index is 3.78. The monoisotopic (exact) mass is 694 g/mol. The molecule has 1 aliphatic rings. The van der Waals surface area contributed by atoms with Crippen LogP contribution in [0.1, 0.15) is 19.5 Å². The molecule has 0 unspecified atom stereocenters. The number of hydrogen-bond acceptors (Lipinski definition) is 4. The predicted molar refractivity (Wildman–Crippen MR) is 142 cm³/mol. The highest BCUT2D eigenvalue weighted by Crippen LogP contribution is 2.45. The predicted octanol–water partition coefficient (Wildman–Crippen LogP) is 10.6. The van der Waals surface area contributed by atoms with Crippen molar-refractivity contribution in [1.82, 2.24) is 0 Å². The topological polar surface area (TPSA) is 0 Å². The second-order valence-corrected chi connectivity index (χ2v) is 14.1. The molecule has 0 saturated carbocycles. The van der Waals surface area contributed by atoms with Gasteiger partial charge in [0.25, 0.3) is 0 Å². The van der Waals surface area contributed by atoms with Crippen molar-refractivity contribution in [3.05, 3.63) is 61.7 Å². The van der Waals surface area contributed by atoms with Gasteiger partial charge in [-0.05, 0) is 113 Å². The maximum absolute atomic E-state index is 3.78. The van der Waals surface area contributed by atoms with Crippen molar-refractivity contribution < 1.29 is 0 Å². The first-order chi connectivity index (χ1) is 13.5. The lowest BCUT2D eigenvalue weighted by Crippen LogP contribution is -1.86. The Kier molecular flexibility index (Phi) is 5.96. The Morgan fingerprint density at radius 1 is 0.500 bits per heavy atom. The second kappa shape index (κ2) is 8.19. The minimum absolute atomic E-state index is 1.04. The number of halogens is 4. The number of thiophene rings is 4. The van der Waals surface area contributed by atoms with Crippen molar-refractivity contribution in [2.75, 3.05) is 0 Å². The Morgan fingerprint density at radius 2 is 0.857 bits per heavy atom. The molecule has 5 rings (SSSR count). The smallest absolute Gasteiger partial charge is 0.0461 e. The molecule has 4 aromatic rings.